The van der Waals surface area contributed by atoms with Crippen molar-refractivity contribution in [2.75, 3.05) is 0 Å². The maximum absolute atomic E-state index is 12.5. The number of nitrogens with one attached hydrogen (secondary N) is 3. The minimum atomic E-state index is -0.721. The second kappa shape index (κ2) is 6.77. The molecule has 2 heterocycles. The molecule has 0 spiro atoms. The molecule has 27 heavy (non-hydrogen) atoms. The summed E-state index contributed by atoms with van der Waals surface area (Å²) in [4.78, 5) is 40.0. The summed E-state index contributed by atoms with van der Waals surface area (Å²) in [7, 11) is 0. The molecule has 8 heteroatoms. The molecular formula is C19H15ClN4O3. The van der Waals surface area contributed by atoms with Gasteiger partial charge in [0.15, 0.2) is 0 Å². The molecule has 4 amide bonds. The molecule has 7 nitrogen and oxygen atoms in total. The van der Waals surface area contributed by atoms with E-state index in [1.54, 1.807) is 24.3 Å². The van der Waals surface area contributed by atoms with Crippen LogP contribution in [0.5, 0.6) is 0 Å². The van der Waals surface area contributed by atoms with Gasteiger partial charge in [-0.3, -0.25) is 15.0 Å². The topological polar surface area (TPSA) is 94.3 Å². The summed E-state index contributed by atoms with van der Waals surface area (Å²) < 4.78 is 0. The number of aromatic amines is 1. The van der Waals surface area contributed by atoms with E-state index in [0.717, 1.165) is 16.5 Å². The van der Waals surface area contributed by atoms with E-state index in [1.165, 1.54) is 0 Å². The Hall–Kier alpha value is -3.32. The van der Waals surface area contributed by atoms with Crippen LogP contribution in [0.15, 0.2) is 54.6 Å². The molecule has 0 aliphatic carbocycles. The summed E-state index contributed by atoms with van der Waals surface area (Å²) >= 11 is 5.95. The lowest BCUT2D eigenvalue weighted by Gasteiger charge is -2.13. The third-order valence-electron chi connectivity index (χ3n) is 4.34. The smallest absolute Gasteiger partial charge is 0.344 e. The van der Waals surface area contributed by atoms with E-state index < -0.39 is 23.9 Å². The Labute approximate surface area is 159 Å². The number of imide groups is 1. The molecule has 0 bridgehead atoms. The van der Waals surface area contributed by atoms with Crippen LogP contribution in [0.4, 0.5) is 4.79 Å². The molecule has 136 valence electrons. The van der Waals surface area contributed by atoms with E-state index in [0.29, 0.717) is 16.5 Å². The van der Waals surface area contributed by atoms with Gasteiger partial charge in [-0.2, -0.15) is 5.01 Å². The summed E-state index contributed by atoms with van der Waals surface area (Å²) in [6.45, 7) is 0. The maximum atomic E-state index is 12.5. The largest absolute Gasteiger partial charge is 0.350 e. The van der Waals surface area contributed by atoms with Crippen LogP contribution < -0.4 is 10.7 Å². The summed E-state index contributed by atoms with van der Waals surface area (Å²) in [5.74, 6) is -1.09. The number of hydrogen-bond acceptors (Lipinski definition) is 3. The molecule has 1 atom stereocenters. The van der Waals surface area contributed by atoms with Gasteiger partial charge >= 0.3 is 6.03 Å². The van der Waals surface area contributed by atoms with E-state index >= 15 is 0 Å². The molecule has 1 aromatic heterocycles. The SMILES string of the molecule is O=C(NN1C(=O)N[C@@H](Cc2ccccc2)C1=O)c1cc2cc(Cl)ccc2[nH]1. The monoisotopic (exact) mass is 382 g/mol. The summed E-state index contributed by atoms with van der Waals surface area (Å²) in [5, 5.41) is 4.61. The molecule has 1 saturated heterocycles. The summed E-state index contributed by atoms with van der Waals surface area (Å²) in [6, 6.07) is 14.7. The number of benzene rings is 2. The second-order valence-electron chi connectivity index (χ2n) is 6.22. The normalized spacial score (nSPS) is 16.6. The lowest BCUT2D eigenvalue weighted by molar-refractivity contribution is -0.129. The quantitative estimate of drug-likeness (QED) is 0.605. The highest BCUT2D eigenvalue weighted by Gasteiger charge is 2.39. The van der Waals surface area contributed by atoms with Crippen LogP contribution in [-0.4, -0.2) is 33.9 Å². The number of nitrogens with zero attached hydrogens (tertiary/aromatic N) is 1. The zero-order valence-corrected chi connectivity index (χ0v) is 14.8. The van der Waals surface area contributed by atoms with Crippen LogP contribution in [0.25, 0.3) is 10.9 Å². The number of urea groups is 1. The van der Waals surface area contributed by atoms with Crippen LogP contribution in [0, 0.1) is 0 Å². The van der Waals surface area contributed by atoms with E-state index in [4.69, 9.17) is 11.6 Å². The van der Waals surface area contributed by atoms with Gasteiger partial charge in [-0.1, -0.05) is 41.9 Å². The molecule has 4 rings (SSSR count). The minimum absolute atomic E-state index is 0.222. The molecule has 1 aliphatic heterocycles. The number of H-pyrrole nitrogens is 1. The third kappa shape index (κ3) is 3.37. The Bertz CT molecular complexity index is 1050. The standard InChI is InChI=1S/C19H15ClN4O3/c20-13-6-7-14-12(9-13)10-15(21-14)17(25)23-24-18(26)16(22-19(24)27)8-11-4-2-1-3-5-11/h1-7,9-10,16,21H,8H2,(H,22,27)(H,23,25)/t16-/m0/s1. The van der Waals surface area contributed by atoms with Crippen LogP contribution >= 0.6 is 11.6 Å². The highest BCUT2D eigenvalue weighted by Crippen LogP contribution is 2.20. The number of hydrogen-bond donors (Lipinski definition) is 3. The van der Waals surface area contributed by atoms with E-state index in [9.17, 15) is 14.4 Å². The minimum Gasteiger partial charge on any atom is -0.350 e. The number of halogens is 1. The number of carbonyl (C=O) groups excluding carboxylic acids is 3. The van der Waals surface area contributed by atoms with Gasteiger partial charge in [-0.15, -0.1) is 0 Å². The lowest BCUT2D eigenvalue weighted by Crippen LogP contribution is -2.47. The van der Waals surface area contributed by atoms with Crippen LogP contribution in [0.2, 0.25) is 5.02 Å². The fourth-order valence-corrected chi connectivity index (χ4v) is 3.19. The number of hydrazine groups is 1. The number of rotatable bonds is 4. The molecule has 0 radical (unpaired) electrons. The van der Waals surface area contributed by atoms with Crippen molar-refractivity contribution in [3.63, 3.8) is 0 Å². The molecule has 1 fully saturated rings. The van der Waals surface area contributed by atoms with Crippen molar-refractivity contribution in [2.24, 2.45) is 0 Å². The van der Waals surface area contributed by atoms with Crippen molar-refractivity contribution in [2.45, 2.75) is 12.5 Å². The fraction of sp³-hybridized carbons (Fsp3) is 0.105. The summed E-state index contributed by atoms with van der Waals surface area (Å²) in [6.07, 6.45) is 0.350. The Morgan fingerprint density at radius 3 is 2.67 bits per heavy atom. The molecule has 3 aromatic rings. The Balaban J connectivity index is 1.48. The molecule has 3 N–H and O–H groups in total. The molecule has 0 saturated carbocycles. The van der Waals surface area contributed by atoms with Crippen molar-refractivity contribution in [1.29, 1.82) is 0 Å². The van der Waals surface area contributed by atoms with E-state index in [2.05, 4.69) is 15.7 Å². The van der Waals surface area contributed by atoms with Crippen LogP contribution in [0.1, 0.15) is 16.1 Å². The first-order valence-corrected chi connectivity index (χ1v) is 8.67. The summed E-state index contributed by atoms with van der Waals surface area (Å²) in [5.41, 5.74) is 4.22. The number of aromatic nitrogens is 1. The Morgan fingerprint density at radius 1 is 1.11 bits per heavy atom. The highest BCUT2D eigenvalue weighted by atomic mass is 35.5. The molecule has 0 unspecified atom stereocenters. The average molecular weight is 383 g/mol. The van der Waals surface area contributed by atoms with Gasteiger partial charge < -0.3 is 10.3 Å². The molecule has 1 aliphatic rings. The van der Waals surface area contributed by atoms with Crippen molar-refractivity contribution in [3.05, 3.63) is 70.9 Å². The highest BCUT2D eigenvalue weighted by molar-refractivity contribution is 6.31. The van der Waals surface area contributed by atoms with Gasteiger partial charge in [0.05, 0.1) is 0 Å². The zero-order valence-electron chi connectivity index (χ0n) is 14.0. The van der Waals surface area contributed by atoms with Crippen molar-refractivity contribution >= 4 is 40.3 Å². The lowest BCUT2D eigenvalue weighted by atomic mass is 10.1. The second-order valence-corrected chi connectivity index (χ2v) is 6.66. The third-order valence-corrected chi connectivity index (χ3v) is 4.58. The van der Waals surface area contributed by atoms with Gasteiger partial charge in [0.2, 0.25) is 0 Å². The van der Waals surface area contributed by atoms with Gasteiger partial charge in [0, 0.05) is 22.3 Å². The first kappa shape index (κ1) is 17.1. The van der Waals surface area contributed by atoms with Gasteiger partial charge in [-0.25, -0.2) is 4.79 Å². The number of carbonyl (C=O) groups is 3. The van der Waals surface area contributed by atoms with Crippen molar-refractivity contribution < 1.29 is 14.4 Å². The maximum Gasteiger partial charge on any atom is 0.344 e. The van der Waals surface area contributed by atoms with Gasteiger partial charge in [0.1, 0.15) is 11.7 Å². The van der Waals surface area contributed by atoms with E-state index in [1.807, 2.05) is 30.3 Å². The molecular weight excluding hydrogens is 368 g/mol. The first-order valence-electron chi connectivity index (χ1n) is 8.29. The van der Waals surface area contributed by atoms with Crippen LogP contribution in [0.3, 0.4) is 0 Å². The Morgan fingerprint density at radius 2 is 1.89 bits per heavy atom. The zero-order chi connectivity index (χ0) is 19.0. The van der Waals surface area contributed by atoms with Gasteiger partial charge in [0.25, 0.3) is 11.8 Å². The van der Waals surface area contributed by atoms with Crippen molar-refractivity contribution in [3.8, 4) is 0 Å². The van der Waals surface area contributed by atoms with Crippen LogP contribution in [-0.2, 0) is 11.2 Å². The fourth-order valence-electron chi connectivity index (χ4n) is 3.01. The predicted molar refractivity (Wildman–Crippen MR) is 100 cm³/mol. The number of amides is 4. The van der Waals surface area contributed by atoms with Crippen molar-refractivity contribution in [1.82, 2.24) is 20.7 Å². The number of fused-ring (bicyclic) bond motifs is 1. The molecule has 2 aromatic carbocycles. The average Bonchev–Trinajstić information content (AvgIpc) is 3.18. The van der Waals surface area contributed by atoms with E-state index in [-0.39, 0.29) is 5.69 Å². The predicted octanol–water partition coefficient (Wildman–Crippen LogP) is 2.63. The first-order chi connectivity index (χ1) is 13.0. The van der Waals surface area contributed by atoms with Gasteiger partial charge in [-0.05, 0) is 29.8 Å². The Kier molecular flexibility index (Phi) is 4.29.